The molecule has 0 aliphatic carbocycles. The van der Waals surface area contributed by atoms with Crippen LogP contribution in [0.25, 0.3) is 5.76 Å². The number of aromatic nitrogens is 1. The highest BCUT2D eigenvalue weighted by atomic mass is 32.2. The van der Waals surface area contributed by atoms with Crippen molar-refractivity contribution < 1.29 is 23.4 Å². The van der Waals surface area contributed by atoms with E-state index in [0.717, 1.165) is 0 Å². The Bertz CT molecular complexity index is 605. The van der Waals surface area contributed by atoms with E-state index in [-0.39, 0.29) is 5.56 Å². The van der Waals surface area contributed by atoms with E-state index >= 15 is 0 Å². The predicted octanol–water partition coefficient (Wildman–Crippen LogP) is -0.315. The van der Waals surface area contributed by atoms with Crippen molar-refractivity contribution in [1.82, 2.24) is 9.71 Å². The Hall–Kier alpha value is -2.09. The largest absolute Gasteiger partial charge is 0.505 e. The van der Waals surface area contributed by atoms with E-state index in [2.05, 4.69) is 4.98 Å². The summed E-state index contributed by atoms with van der Waals surface area (Å²) < 4.78 is 24.8. The van der Waals surface area contributed by atoms with Crippen molar-refractivity contribution in [2.75, 3.05) is 0 Å². The third-order valence-electron chi connectivity index (χ3n) is 1.97. The number of hydrogen-bond donors (Lipinski definition) is 3. The number of fused-ring (bicyclic) bond motifs is 1. The normalized spacial score (nSPS) is 17.5. The van der Waals surface area contributed by atoms with Gasteiger partial charge in [-0.3, -0.25) is 4.72 Å². The number of carbonyl (C=O) groups is 1. The van der Waals surface area contributed by atoms with Crippen LogP contribution in [-0.2, 0) is 14.8 Å². The molecule has 0 unspecified atom stereocenters. The second-order valence-corrected chi connectivity index (χ2v) is 4.59. The number of aliphatic carboxylic acids is 1. The van der Waals surface area contributed by atoms with E-state index in [1.165, 1.54) is 18.3 Å². The van der Waals surface area contributed by atoms with E-state index in [1.807, 2.05) is 0 Å². The summed E-state index contributed by atoms with van der Waals surface area (Å²) in [6.07, 6.45) is 1.23. The Labute approximate surface area is 90.1 Å². The number of carboxylic acids is 1. The highest BCUT2D eigenvalue weighted by molar-refractivity contribution is 7.89. The molecular weight excluding hydrogens is 236 g/mol. The van der Waals surface area contributed by atoms with E-state index in [4.69, 9.17) is 5.11 Å². The first-order chi connectivity index (χ1) is 7.43. The number of hydrogen-bond acceptors (Lipinski definition) is 5. The Morgan fingerprint density at radius 1 is 1.44 bits per heavy atom. The third-order valence-corrected chi connectivity index (χ3v) is 3.28. The zero-order valence-corrected chi connectivity index (χ0v) is 8.52. The van der Waals surface area contributed by atoms with Gasteiger partial charge in [-0.2, -0.15) is 8.42 Å². The summed E-state index contributed by atoms with van der Waals surface area (Å²) in [6, 6.07) is 2.67. The van der Waals surface area contributed by atoms with Crippen molar-refractivity contribution in [3.05, 3.63) is 29.6 Å². The number of nitrogens with one attached hydrogen (secondary N) is 1. The molecule has 16 heavy (non-hydrogen) atoms. The molecule has 1 aromatic heterocycles. The molecule has 1 aromatic rings. The highest BCUT2D eigenvalue weighted by Gasteiger charge is 2.33. The lowest BCUT2D eigenvalue weighted by Crippen LogP contribution is -2.33. The summed E-state index contributed by atoms with van der Waals surface area (Å²) in [5.41, 5.74) is -0.904. The van der Waals surface area contributed by atoms with Gasteiger partial charge in [0.05, 0.1) is 5.56 Å². The third kappa shape index (κ3) is 1.39. The van der Waals surface area contributed by atoms with Crippen molar-refractivity contribution in [2.45, 2.75) is 5.03 Å². The molecule has 84 valence electrons. The number of nitrogens with zero attached hydrogens (tertiary/aromatic N) is 1. The van der Waals surface area contributed by atoms with Gasteiger partial charge in [0.2, 0.25) is 0 Å². The molecule has 2 heterocycles. The van der Waals surface area contributed by atoms with E-state index in [0.29, 0.717) is 0 Å². The molecule has 0 bridgehead atoms. The summed E-state index contributed by atoms with van der Waals surface area (Å²) in [5.74, 6) is -2.21. The highest BCUT2D eigenvalue weighted by Crippen LogP contribution is 2.26. The van der Waals surface area contributed by atoms with Gasteiger partial charge in [-0.05, 0) is 12.1 Å². The Balaban J connectivity index is 2.80. The molecule has 0 saturated carbocycles. The molecule has 0 saturated heterocycles. The molecule has 8 heteroatoms. The van der Waals surface area contributed by atoms with Crippen LogP contribution in [0.4, 0.5) is 0 Å². The van der Waals surface area contributed by atoms with Crippen molar-refractivity contribution >= 4 is 21.8 Å². The second kappa shape index (κ2) is 3.20. The minimum atomic E-state index is -4.03. The average molecular weight is 242 g/mol. The fraction of sp³-hybridized carbons (Fsp3) is 0. The van der Waals surface area contributed by atoms with Crippen molar-refractivity contribution in [2.24, 2.45) is 0 Å². The number of aliphatic hydroxyl groups is 1. The summed E-state index contributed by atoms with van der Waals surface area (Å²) in [7, 11) is -4.03. The maximum absolute atomic E-state index is 11.6. The summed E-state index contributed by atoms with van der Waals surface area (Å²) in [6.45, 7) is 0. The minimum absolute atomic E-state index is 0.126. The second-order valence-electron chi connectivity index (χ2n) is 2.99. The van der Waals surface area contributed by atoms with Gasteiger partial charge < -0.3 is 10.2 Å². The van der Waals surface area contributed by atoms with Crippen LogP contribution >= 0.6 is 0 Å². The number of rotatable bonds is 1. The molecule has 2 rings (SSSR count). The van der Waals surface area contributed by atoms with Crippen LogP contribution in [0.15, 0.2) is 29.1 Å². The van der Waals surface area contributed by atoms with Gasteiger partial charge in [-0.25, -0.2) is 9.78 Å². The van der Waals surface area contributed by atoms with Gasteiger partial charge in [0, 0.05) is 6.20 Å². The Morgan fingerprint density at radius 3 is 2.75 bits per heavy atom. The van der Waals surface area contributed by atoms with Crippen LogP contribution in [0.2, 0.25) is 0 Å². The van der Waals surface area contributed by atoms with Gasteiger partial charge in [0.1, 0.15) is 0 Å². The lowest BCUT2D eigenvalue weighted by Gasteiger charge is -2.17. The monoisotopic (exact) mass is 242 g/mol. The van der Waals surface area contributed by atoms with Gasteiger partial charge in [-0.1, -0.05) is 0 Å². The van der Waals surface area contributed by atoms with E-state index < -0.39 is 32.5 Å². The lowest BCUT2D eigenvalue weighted by molar-refractivity contribution is -0.132. The SMILES string of the molecule is O=C(O)C1=C(O)c2cccnc2S(=O)(=O)N1. The standard InChI is InChI=1S/C8H6N2O5S/c11-6-4-2-1-3-9-7(4)16(14,15)10-5(6)8(12)13/h1-3,10-11H,(H,12,13). The van der Waals surface area contributed by atoms with Crippen LogP contribution in [0.3, 0.4) is 0 Å². The maximum atomic E-state index is 11.6. The number of aliphatic hydroxyl groups excluding tert-OH is 1. The topological polar surface area (TPSA) is 117 Å². The lowest BCUT2D eigenvalue weighted by atomic mass is 10.2. The predicted molar refractivity (Wildman–Crippen MR) is 51.7 cm³/mol. The summed E-state index contributed by atoms with van der Waals surface area (Å²) in [5, 5.41) is 17.9. The number of pyridine rings is 1. The molecule has 0 atom stereocenters. The molecule has 0 amide bonds. The van der Waals surface area contributed by atoms with Crippen LogP contribution in [0.5, 0.6) is 0 Å². The molecule has 1 aliphatic heterocycles. The molecule has 0 aromatic carbocycles. The van der Waals surface area contributed by atoms with E-state index in [9.17, 15) is 18.3 Å². The van der Waals surface area contributed by atoms with Crippen molar-refractivity contribution in [3.63, 3.8) is 0 Å². The zero-order chi connectivity index (χ0) is 11.9. The van der Waals surface area contributed by atoms with Gasteiger partial charge in [0.25, 0.3) is 10.0 Å². The Kier molecular flexibility index (Phi) is 2.09. The molecule has 0 fully saturated rings. The quantitative estimate of drug-likeness (QED) is 0.621. The van der Waals surface area contributed by atoms with E-state index in [1.54, 1.807) is 4.72 Å². The molecule has 0 radical (unpaired) electrons. The fourth-order valence-corrected chi connectivity index (χ4v) is 2.50. The van der Waals surface area contributed by atoms with Crippen molar-refractivity contribution in [3.8, 4) is 0 Å². The van der Waals surface area contributed by atoms with Crippen LogP contribution in [0, 0.1) is 0 Å². The number of carboxylic acid groups (broad SMARTS) is 1. The summed E-state index contributed by atoms with van der Waals surface area (Å²) in [4.78, 5) is 14.3. The summed E-state index contributed by atoms with van der Waals surface area (Å²) >= 11 is 0. The van der Waals surface area contributed by atoms with Crippen LogP contribution in [-0.4, -0.2) is 29.6 Å². The Morgan fingerprint density at radius 2 is 2.12 bits per heavy atom. The first kappa shape index (κ1) is 10.4. The fourth-order valence-electron chi connectivity index (χ4n) is 1.30. The molecule has 1 aliphatic rings. The number of sulfonamides is 1. The smallest absolute Gasteiger partial charge is 0.356 e. The molecule has 3 N–H and O–H groups in total. The molecular formula is C8H6N2O5S. The minimum Gasteiger partial charge on any atom is -0.505 e. The average Bonchev–Trinajstić information content (AvgIpc) is 2.23. The van der Waals surface area contributed by atoms with Gasteiger partial charge >= 0.3 is 5.97 Å². The van der Waals surface area contributed by atoms with Crippen LogP contribution < -0.4 is 4.72 Å². The molecule has 7 nitrogen and oxygen atoms in total. The van der Waals surface area contributed by atoms with Crippen LogP contribution in [0.1, 0.15) is 5.56 Å². The maximum Gasteiger partial charge on any atom is 0.356 e. The first-order valence-corrected chi connectivity index (χ1v) is 5.56. The zero-order valence-electron chi connectivity index (χ0n) is 7.71. The van der Waals surface area contributed by atoms with Crippen molar-refractivity contribution in [1.29, 1.82) is 0 Å². The van der Waals surface area contributed by atoms with Gasteiger partial charge in [0.15, 0.2) is 16.5 Å². The first-order valence-electron chi connectivity index (χ1n) is 4.08. The van der Waals surface area contributed by atoms with Gasteiger partial charge in [-0.15, -0.1) is 0 Å². The molecule has 0 spiro atoms.